The topological polar surface area (TPSA) is 83.6 Å². The highest BCUT2D eigenvalue weighted by molar-refractivity contribution is 7.89. The van der Waals surface area contributed by atoms with E-state index in [0.717, 1.165) is 39.3 Å². The minimum Gasteiger partial charge on any atom is -0.379 e. The molecule has 2 heterocycles. The monoisotopic (exact) mass is 314 g/mol. The van der Waals surface area contributed by atoms with Crippen molar-refractivity contribution in [3.8, 4) is 0 Å². The molecule has 1 saturated heterocycles. The van der Waals surface area contributed by atoms with E-state index in [0.29, 0.717) is 12.4 Å². The molecule has 0 spiro atoms. The second kappa shape index (κ2) is 7.69. The third kappa shape index (κ3) is 4.92. The lowest BCUT2D eigenvalue weighted by Crippen LogP contribution is -2.38. The molecule has 2 N–H and O–H groups in total. The van der Waals surface area contributed by atoms with Crippen molar-refractivity contribution in [2.45, 2.75) is 11.3 Å². The van der Waals surface area contributed by atoms with Gasteiger partial charge in [0.05, 0.1) is 18.1 Å². The van der Waals surface area contributed by atoms with Gasteiger partial charge in [0.2, 0.25) is 10.0 Å². The predicted molar refractivity (Wildman–Crippen MR) is 80.8 cm³/mol. The van der Waals surface area contributed by atoms with Crippen LogP contribution in [-0.4, -0.2) is 64.7 Å². The third-order valence-corrected chi connectivity index (χ3v) is 4.80. The molecule has 7 nitrogen and oxygen atoms in total. The zero-order valence-corrected chi connectivity index (χ0v) is 13.0. The van der Waals surface area contributed by atoms with Crippen LogP contribution in [0.4, 0.5) is 5.82 Å². The van der Waals surface area contributed by atoms with Gasteiger partial charge >= 0.3 is 0 Å². The van der Waals surface area contributed by atoms with E-state index < -0.39 is 10.0 Å². The smallest absolute Gasteiger partial charge is 0.240 e. The highest BCUT2D eigenvalue weighted by Gasteiger charge is 2.15. The fraction of sp³-hybridized carbons (Fsp3) is 0.615. The Morgan fingerprint density at radius 2 is 2.14 bits per heavy atom. The molecule has 0 amide bonds. The van der Waals surface area contributed by atoms with E-state index in [1.165, 1.54) is 18.3 Å². The molecule has 0 bridgehead atoms. The van der Waals surface area contributed by atoms with Crippen LogP contribution in [0.3, 0.4) is 0 Å². The molecule has 1 aromatic heterocycles. The van der Waals surface area contributed by atoms with Crippen LogP contribution in [0.25, 0.3) is 0 Å². The summed E-state index contributed by atoms with van der Waals surface area (Å²) in [5, 5.41) is 2.83. The van der Waals surface area contributed by atoms with Crippen molar-refractivity contribution in [2.75, 3.05) is 51.8 Å². The summed E-state index contributed by atoms with van der Waals surface area (Å²) in [6.07, 6.45) is 2.26. The van der Waals surface area contributed by atoms with Crippen LogP contribution in [0.2, 0.25) is 0 Å². The van der Waals surface area contributed by atoms with Crippen LogP contribution in [0, 0.1) is 0 Å². The highest BCUT2D eigenvalue weighted by atomic mass is 32.2. The van der Waals surface area contributed by atoms with Crippen molar-refractivity contribution in [1.29, 1.82) is 0 Å². The van der Waals surface area contributed by atoms with E-state index in [-0.39, 0.29) is 4.90 Å². The summed E-state index contributed by atoms with van der Waals surface area (Å²) in [4.78, 5) is 6.52. The maximum atomic E-state index is 12.2. The molecular weight excluding hydrogens is 292 g/mol. The van der Waals surface area contributed by atoms with Gasteiger partial charge in [0.15, 0.2) is 0 Å². The van der Waals surface area contributed by atoms with Crippen molar-refractivity contribution in [3.63, 3.8) is 0 Å². The van der Waals surface area contributed by atoms with Crippen molar-refractivity contribution >= 4 is 15.8 Å². The number of anilines is 1. The van der Waals surface area contributed by atoms with E-state index >= 15 is 0 Å². The first-order valence-electron chi connectivity index (χ1n) is 7.05. The van der Waals surface area contributed by atoms with Crippen molar-refractivity contribution in [3.05, 3.63) is 18.3 Å². The molecule has 0 unspecified atom stereocenters. The Morgan fingerprint density at radius 3 is 2.86 bits per heavy atom. The van der Waals surface area contributed by atoms with Gasteiger partial charge < -0.3 is 10.1 Å². The summed E-state index contributed by atoms with van der Waals surface area (Å²) in [6.45, 7) is 4.66. The molecule has 0 saturated carbocycles. The van der Waals surface area contributed by atoms with Crippen LogP contribution < -0.4 is 10.0 Å². The van der Waals surface area contributed by atoms with Gasteiger partial charge in [-0.1, -0.05) is 0 Å². The van der Waals surface area contributed by atoms with Gasteiger partial charge in [0, 0.05) is 38.9 Å². The maximum Gasteiger partial charge on any atom is 0.240 e. The van der Waals surface area contributed by atoms with Crippen LogP contribution in [0.15, 0.2) is 23.2 Å². The molecule has 1 aromatic rings. The van der Waals surface area contributed by atoms with Gasteiger partial charge in [-0.05, 0) is 19.0 Å². The Bertz CT molecular complexity index is 544. The van der Waals surface area contributed by atoms with E-state index in [4.69, 9.17) is 4.74 Å². The quantitative estimate of drug-likeness (QED) is 0.696. The average Bonchev–Trinajstić information content (AvgIpc) is 2.53. The number of sulfonamides is 1. The SMILES string of the molecule is CNc1cc(S(=O)(=O)NCCCN2CCOCC2)ccn1. The lowest BCUT2D eigenvalue weighted by atomic mass is 10.3. The second-order valence-electron chi connectivity index (χ2n) is 4.83. The van der Waals surface area contributed by atoms with Crippen LogP contribution in [0.5, 0.6) is 0 Å². The van der Waals surface area contributed by atoms with Gasteiger partial charge in [-0.25, -0.2) is 18.1 Å². The Hall–Kier alpha value is -1.22. The van der Waals surface area contributed by atoms with E-state index in [2.05, 4.69) is 19.9 Å². The Labute approximate surface area is 125 Å². The molecular formula is C13H22N4O3S. The highest BCUT2D eigenvalue weighted by Crippen LogP contribution is 2.11. The fourth-order valence-electron chi connectivity index (χ4n) is 2.13. The van der Waals surface area contributed by atoms with Gasteiger partial charge in [-0.15, -0.1) is 0 Å². The molecule has 21 heavy (non-hydrogen) atoms. The number of nitrogens with one attached hydrogen (secondary N) is 2. The van der Waals surface area contributed by atoms with Crippen LogP contribution in [0.1, 0.15) is 6.42 Å². The minimum absolute atomic E-state index is 0.230. The van der Waals surface area contributed by atoms with E-state index in [9.17, 15) is 8.42 Å². The largest absolute Gasteiger partial charge is 0.379 e. The molecule has 0 radical (unpaired) electrons. The third-order valence-electron chi connectivity index (χ3n) is 3.34. The maximum absolute atomic E-state index is 12.2. The van der Waals surface area contributed by atoms with Crippen molar-refractivity contribution in [2.24, 2.45) is 0 Å². The first kappa shape index (κ1) is 16.2. The van der Waals surface area contributed by atoms with Crippen molar-refractivity contribution < 1.29 is 13.2 Å². The predicted octanol–water partition coefficient (Wildman–Crippen LogP) is 0.124. The number of ether oxygens (including phenoxy) is 1. The summed E-state index contributed by atoms with van der Waals surface area (Å²) in [5.41, 5.74) is 0. The number of hydrogen-bond donors (Lipinski definition) is 2. The number of aromatic nitrogens is 1. The number of hydrogen-bond acceptors (Lipinski definition) is 6. The first-order chi connectivity index (χ1) is 10.1. The molecule has 2 rings (SSSR count). The Balaban J connectivity index is 1.80. The average molecular weight is 314 g/mol. The zero-order chi connectivity index (χ0) is 15.1. The molecule has 8 heteroatoms. The second-order valence-corrected chi connectivity index (χ2v) is 6.60. The Morgan fingerprint density at radius 1 is 1.38 bits per heavy atom. The summed E-state index contributed by atoms with van der Waals surface area (Å²) in [7, 11) is -1.77. The lowest BCUT2D eigenvalue weighted by Gasteiger charge is -2.26. The minimum atomic E-state index is -3.47. The molecule has 1 fully saturated rings. The summed E-state index contributed by atoms with van der Waals surface area (Å²) < 4.78 is 32.2. The zero-order valence-electron chi connectivity index (χ0n) is 12.2. The van der Waals surface area contributed by atoms with Gasteiger partial charge in [-0.2, -0.15) is 0 Å². The molecule has 0 atom stereocenters. The summed E-state index contributed by atoms with van der Waals surface area (Å²) in [6, 6.07) is 3.01. The Kier molecular flexibility index (Phi) is 5.92. The number of morpholine rings is 1. The first-order valence-corrected chi connectivity index (χ1v) is 8.54. The number of pyridine rings is 1. The fourth-order valence-corrected chi connectivity index (χ4v) is 3.22. The molecule has 118 valence electrons. The molecule has 0 aromatic carbocycles. The summed E-state index contributed by atoms with van der Waals surface area (Å²) >= 11 is 0. The van der Waals surface area contributed by atoms with Crippen molar-refractivity contribution in [1.82, 2.24) is 14.6 Å². The van der Waals surface area contributed by atoms with Gasteiger partial charge in [0.1, 0.15) is 5.82 Å². The van der Waals surface area contributed by atoms with E-state index in [1.54, 1.807) is 7.05 Å². The summed E-state index contributed by atoms with van der Waals surface area (Å²) in [5.74, 6) is 0.534. The number of nitrogens with zero attached hydrogens (tertiary/aromatic N) is 2. The molecule has 1 aliphatic heterocycles. The number of rotatable bonds is 7. The van der Waals surface area contributed by atoms with Crippen LogP contribution in [-0.2, 0) is 14.8 Å². The lowest BCUT2D eigenvalue weighted by molar-refractivity contribution is 0.0376. The molecule has 0 aliphatic carbocycles. The standard InChI is InChI=1S/C13H22N4O3S/c1-14-13-11-12(3-5-15-13)21(18,19)16-4-2-6-17-7-9-20-10-8-17/h3,5,11,16H,2,4,6-10H2,1H3,(H,14,15). The van der Waals surface area contributed by atoms with Gasteiger partial charge in [-0.3, -0.25) is 4.90 Å². The molecule has 1 aliphatic rings. The van der Waals surface area contributed by atoms with Crippen LogP contribution >= 0.6 is 0 Å². The van der Waals surface area contributed by atoms with Gasteiger partial charge in [0.25, 0.3) is 0 Å². The normalized spacial score (nSPS) is 16.8. The van der Waals surface area contributed by atoms with E-state index in [1.807, 2.05) is 0 Å².